The van der Waals surface area contributed by atoms with Crippen molar-refractivity contribution < 1.29 is 13.2 Å². The molecule has 3 rings (SSSR count). The Kier molecular flexibility index (Phi) is 5.20. The highest BCUT2D eigenvalue weighted by Crippen LogP contribution is 2.31. The van der Waals surface area contributed by atoms with Gasteiger partial charge in [-0.15, -0.1) is 0 Å². The number of sulfone groups is 1. The monoisotopic (exact) mass is 358 g/mol. The molecule has 0 aliphatic heterocycles. The number of hydrogen-bond donors (Lipinski definition) is 2. The van der Waals surface area contributed by atoms with Crippen LogP contribution in [-0.4, -0.2) is 26.9 Å². The van der Waals surface area contributed by atoms with E-state index in [1.54, 1.807) is 36.4 Å². The van der Waals surface area contributed by atoms with Gasteiger partial charge >= 0.3 is 0 Å². The third-order valence-electron chi connectivity index (χ3n) is 4.38. The summed E-state index contributed by atoms with van der Waals surface area (Å²) < 4.78 is 25.2. The summed E-state index contributed by atoms with van der Waals surface area (Å²) in [5.74, 6) is 0.108. The highest BCUT2D eigenvalue weighted by Gasteiger charge is 2.28. The zero-order valence-electron chi connectivity index (χ0n) is 13.9. The first kappa shape index (κ1) is 17.6. The van der Waals surface area contributed by atoms with Gasteiger partial charge in [0.05, 0.1) is 10.6 Å². The molecule has 5 nitrogen and oxygen atoms in total. The van der Waals surface area contributed by atoms with Gasteiger partial charge in [-0.2, -0.15) is 0 Å². The van der Waals surface area contributed by atoms with Crippen molar-refractivity contribution in [2.45, 2.75) is 29.5 Å². The molecule has 1 amide bonds. The molecule has 0 heterocycles. The maximum atomic E-state index is 12.6. The fourth-order valence-corrected chi connectivity index (χ4v) is 4.10. The van der Waals surface area contributed by atoms with Gasteiger partial charge in [-0.25, -0.2) is 8.42 Å². The molecule has 1 aliphatic carbocycles. The highest BCUT2D eigenvalue weighted by molar-refractivity contribution is 7.90. The SMILES string of the molecule is NC(CNC(=O)c1cccc(S(=O)(=O)Cc2ccccc2)c1)C1CC1. The molecule has 0 radical (unpaired) electrons. The van der Waals surface area contributed by atoms with Gasteiger partial charge in [0, 0.05) is 18.2 Å². The van der Waals surface area contributed by atoms with E-state index in [9.17, 15) is 13.2 Å². The van der Waals surface area contributed by atoms with Gasteiger partial charge in [0.15, 0.2) is 9.84 Å². The Morgan fingerprint density at radius 3 is 2.52 bits per heavy atom. The van der Waals surface area contributed by atoms with Gasteiger partial charge in [-0.3, -0.25) is 4.79 Å². The Balaban J connectivity index is 1.70. The summed E-state index contributed by atoms with van der Waals surface area (Å²) >= 11 is 0. The molecule has 25 heavy (non-hydrogen) atoms. The number of nitrogens with one attached hydrogen (secondary N) is 1. The lowest BCUT2D eigenvalue weighted by molar-refractivity contribution is 0.0950. The van der Waals surface area contributed by atoms with Crippen LogP contribution in [-0.2, 0) is 15.6 Å². The first-order chi connectivity index (χ1) is 12.0. The van der Waals surface area contributed by atoms with Crippen LogP contribution in [0.4, 0.5) is 0 Å². The van der Waals surface area contributed by atoms with E-state index in [0.29, 0.717) is 23.6 Å². The lowest BCUT2D eigenvalue weighted by Crippen LogP contribution is -2.38. The second kappa shape index (κ2) is 7.37. The molecule has 0 spiro atoms. The van der Waals surface area contributed by atoms with Crippen molar-refractivity contribution >= 4 is 15.7 Å². The Morgan fingerprint density at radius 2 is 1.84 bits per heavy atom. The molecule has 1 aliphatic rings. The van der Waals surface area contributed by atoms with Crippen molar-refractivity contribution in [2.24, 2.45) is 11.7 Å². The van der Waals surface area contributed by atoms with Crippen LogP contribution in [0.1, 0.15) is 28.8 Å². The normalized spacial score (nSPS) is 15.6. The van der Waals surface area contributed by atoms with Gasteiger partial charge in [0.1, 0.15) is 0 Å². The van der Waals surface area contributed by atoms with Crippen LogP contribution >= 0.6 is 0 Å². The molecule has 0 saturated heterocycles. The van der Waals surface area contributed by atoms with E-state index in [-0.39, 0.29) is 22.6 Å². The van der Waals surface area contributed by atoms with Crippen molar-refractivity contribution in [1.82, 2.24) is 5.32 Å². The van der Waals surface area contributed by atoms with E-state index >= 15 is 0 Å². The molecule has 1 atom stereocenters. The topological polar surface area (TPSA) is 89.3 Å². The number of amides is 1. The molecule has 132 valence electrons. The van der Waals surface area contributed by atoms with Crippen molar-refractivity contribution in [3.05, 3.63) is 65.7 Å². The summed E-state index contributed by atoms with van der Waals surface area (Å²) in [5.41, 5.74) is 7.03. The average molecular weight is 358 g/mol. The number of hydrogen-bond acceptors (Lipinski definition) is 4. The molecule has 0 aromatic heterocycles. The molecule has 1 fully saturated rings. The average Bonchev–Trinajstić information content (AvgIpc) is 3.45. The molecule has 2 aromatic carbocycles. The van der Waals surface area contributed by atoms with Crippen LogP contribution in [0.25, 0.3) is 0 Å². The van der Waals surface area contributed by atoms with E-state index in [0.717, 1.165) is 12.8 Å². The number of rotatable bonds is 7. The van der Waals surface area contributed by atoms with Crippen molar-refractivity contribution in [1.29, 1.82) is 0 Å². The standard InChI is InChI=1S/C19H22N2O3S/c20-18(15-9-10-15)12-21-19(22)16-7-4-8-17(11-16)25(23,24)13-14-5-2-1-3-6-14/h1-8,11,15,18H,9-10,12-13,20H2,(H,21,22). The smallest absolute Gasteiger partial charge is 0.251 e. The minimum absolute atomic E-state index is 0.0334. The van der Waals surface area contributed by atoms with E-state index in [4.69, 9.17) is 5.73 Å². The predicted molar refractivity (Wildman–Crippen MR) is 96.8 cm³/mol. The molecule has 0 bridgehead atoms. The highest BCUT2D eigenvalue weighted by atomic mass is 32.2. The van der Waals surface area contributed by atoms with Crippen molar-refractivity contribution in [3.8, 4) is 0 Å². The van der Waals surface area contributed by atoms with E-state index in [1.807, 2.05) is 6.07 Å². The van der Waals surface area contributed by atoms with Crippen LogP contribution in [0.5, 0.6) is 0 Å². The fourth-order valence-electron chi connectivity index (χ4n) is 2.71. The molecular weight excluding hydrogens is 336 g/mol. The van der Waals surface area contributed by atoms with E-state index < -0.39 is 9.84 Å². The molecule has 2 aromatic rings. The van der Waals surface area contributed by atoms with Gasteiger partial charge < -0.3 is 11.1 Å². The van der Waals surface area contributed by atoms with Gasteiger partial charge in [0.2, 0.25) is 0 Å². The minimum atomic E-state index is -3.51. The van der Waals surface area contributed by atoms with E-state index in [1.165, 1.54) is 12.1 Å². The van der Waals surface area contributed by atoms with Gasteiger partial charge in [-0.05, 0) is 42.5 Å². The Bertz CT molecular complexity index is 846. The lowest BCUT2D eigenvalue weighted by atomic mass is 10.2. The van der Waals surface area contributed by atoms with Crippen LogP contribution in [0.15, 0.2) is 59.5 Å². The maximum absolute atomic E-state index is 12.6. The van der Waals surface area contributed by atoms with Crippen LogP contribution in [0, 0.1) is 5.92 Å². The van der Waals surface area contributed by atoms with Crippen LogP contribution in [0.3, 0.4) is 0 Å². The summed E-state index contributed by atoms with van der Waals surface area (Å²) in [6.45, 7) is 0.407. The third kappa shape index (κ3) is 4.67. The quantitative estimate of drug-likeness (QED) is 0.793. The van der Waals surface area contributed by atoms with Crippen molar-refractivity contribution in [2.75, 3.05) is 6.54 Å². The summed E-state index contributed by atoms with van der Waals surface area (Å²) in [6, 6.07) is 15.1. The van der Waals surface area contributed by atoms with Crippen molar-refractivity contribution in [3.63, 3.8) is 0 Å². The molecule has 3 N–H and O–H groups in total. The van der Waals surface area contributed by atoms with Gasteiger partial charge in [0.25, 0.3) is 5.91 Å². The second-order valence-corrected chi connectivity index (χ2v) is 8.47. The molecular formula is C19H22N2O3S. The summed E-state index contributed by atoms with van der Waals surface area (Å²) in [4.78, 5) is 12.4. The van der Waals surface area contributed by atoms with Crippen LogP contribution in [0.2, 0.25) is 0 Å². The minimum Gasteiger partial charge on any atom is -0.350 e. The molecule has 1 saturated carbocycles. The zero-order valence-corrected chi connectivity index (χ0v) is 14.7. The first-order valence-corrected chi connectivity index (χ1v) is 10.0. The Morgan fingerprint density at radius 1 is 1.12 bits per heavy atom. The summed E-state index contributed by atoms with van der Waals surface area (Å²) in [7, 11) is -3.51. The number of carbonyl (C=O) groups is 1. The fraction of sp³-hybridized carbons (Fsp3) is 0.316. The number of benzene rings is 2. The summed E-state index contributed by atoms with van der Waals surface area (Å²) in [5, 5.41) is 2.79. The van der Waals surface area contributed by atoms with E-state index in [2.05, 4.69) is 5.32 Å². The van der Waals surface area contributed by atoms with Crippen LogP contribution < -0.4 is 11.1 Å². The Hall–Kier alpha value is -2.18. The van der Waals surface area contributed by atoms with Gasteiger partial charge in [-0.1, -0.05) is 36.4 Å². The largest absolute Gasteiger partial charge is 0.350 e. The Labute approximate surface area is 148 Å². The number of nitrogens with two attached hydrogens (primary N) is 1. The zero-order chi connectivity index (χ0) is 17.9. The summed E-state index contributed by atoms with van der Waals surface area (Å²) in [6.07, 6.45) is 2.23. The third-order valence-corrected chi connectivity index (χ3v) is 6.07. The number of carbonyl (C=O) groups excluding carboxylic acids is 1. The first-order valence-electron chi connectivity index (χ1n) is 8.36. The lowest BCUT2D eigenvalue weighted by Gasteiger charge is -2.12. The molecule has 1 unspecified atom stereocenters. The second-order valence-electron chi connectivity index (χ2n) is 6.48. The predicted octanol–water partition coefficient (Wildman–Crippen LogP) is 2.13. The maximum Gasteiger partial charge on any atom is 0.251 e. The molecule has 6 heteroatoms.